The average molecular weight is 355 g/mol. The van der Waals surface area contributed by atoms with E-state index in [0.717, 1.165) is 31.2 Å². The first-order valence-corrected chi connectivity index (χ1v) is 8.66. The van der Waals surface area contributed by atoms with Crippen LogP contribution in [0.15, 0.2) is 35.4 Å². The van der Waals surface area contributed by atoms with Gasteiger partial charge in [0.2, 0.25) is 6.79 Å². The Balaban J connectivity index is 1.65. The van der Waals surface area contributed by atoms with Crippen molar-refractivity contribution in [1.82, 2.24) is 0 Å². The van der Waals surface area contributed by atoms with Crippen LogP contribution in [0.1, 0.15) is 42.7 Å². The second kappa shape index (κ2) is 6.67. The lowest BCUT2D eigenvalue weighted by Crippen LogP contribution is -2.16. The van der Waals surface area contributed by atoms with Crippen molar-refractivity contribution in [3.05, 3.63) is 41.5 Å². The maximum absolute atomic E-state index is 10.3. The predicted octanol–water partition coefficient (Wildman–Crippen LogP) is 3.22. The number of benzene rings is 2. The number of nitrogens with zero attached hydrogens (tertiary/aromatic N) is 1. The van der Waals surface area contributed by atoms with E-state index in [1.54, 1.807) is 18.2 Å². The molecule has 2 aliphatic rings. The lowest BCUT2D eigenvalue weighted by Gasteiger charge is -2.16. The summed E-state index contributed by atoms with van der Waals surface area (Å²) in [6.07, 6.45) is 4.35. The Morgan fingerprint density at radius 3 is 2.58 bits per heavy atom. The van der Waals surface area contributed by atoms with Crippen LogP contribution >= 0.6 is 0 Å². The highest BCUT2D eigenvalue weighted by molar-refractivity contribution is 6.10. The first-order chi connectivity index (χ1) is 12.7. The van der Waals surface area contributed by atoms with Gasteiger partial charge in [0.15, 0.2) is 17.3 Å². The summed E-state index contributed by atoms with van der Waals surface area (Å²) >= 11 is 0. The lowest BCUT2D eigenvalue weighted by molar-refractivity contribution is 0.174. The van der Waals surface area contributed by atoms with E-state index in [1.165, 1.54) is 6.07 Å². The van der Waals surface area contributed by atoms with E-state index in [4.69, 9.17) is 15.3 Å². The third kappa shape index (κ3) is 2.96. The summed E-state index contributed by atoms with van der Waals surface area (Å²) in [5.41, 5.74) is 1.97. The molecule has 0 radical (unpaired) electrons. The number of phenols is 2. The Kier molecular flexibility index (Phi) is 4.20. The van der Waals surface area contributed by atoms with Crippen LogP contribution in [0.5, 0.6) is 23.0 Å². The first kappa shape index (κ1) is 16.4. The second-order valence-corrected chi connectivity index (χ2v) is 6.58. The summed E-state index contributed by atoms with van der Waals surface area (Å²) in [6.45, 7) is 0.195. The minimum Gasteiger partial charge on any atom is -0.508 e. The molecule has 136 valence electrons. The molecule has 0 aromatic heterocycles. The SMILES string of the molecule is N/N=C(\Nc1ccc2c(c1)OCO2)c1cc(C2CCCC2)c(O)cc1O. The van der Waals surface area contributed by atoms with Crippen molar-refractivity contribution < 1.29 is 19.7 Å². The molecule has 5 N–H and O–H groups in total. The van der Waals surface area contributed by atoms with Crippen LogP contribution in [0, 0.1) is 0 Å². The van der Waals surface area contributed by atoms with Crippen molar-refractivity contribution in [2.24, 2.45) is 10.9 Å². The molecule has 26 heavy (non-hydrogen) atoms. The molecule has 1 aliphatic heterocycles. The number of nitrogens with two attached hydrogens (primary N) is 1. The minimum atomic E-state index is -0.0818. The summed E-state index contributed by atoms with van der Waals surface area (Å²) in [7, 11) is 0. The van der Waals surface area contributed by atoms with Gasteiger partial charge in [-0.05, 0) is 42.5 Å². The van der Waals surface area contributed by atoms with E-state index < -0.39 is 0 Å². The highest BCUT2D eigenvalue weighted by Gasteiger charge is 2.23. The number of fused-ring (bicyclic) bond motifs is 1. The van der Waals surface area contributed by atoms with E-state index in [2.05, 4.69) is 10.4 Å². The zero-order valence-electron chi connectivity index (χ0n) is 14.2. The first-order valence-electron chi connectivity index (χ1n) is 8.66. The molecule has 7 heteroatoms. The summed E-state index contributed by atoms with van der Waals surface area (Å²) in [5, 5.41) is 27.5. The molecule has 0 saturated heterocycles. The van der Waals surface area contributed by atoms with Crippen LogP contribution in [-0.4, -0.2) is 22.8 Å². The molecule has 1 fully saturated rings. The highest BCUT2D eigenvalue weighted by atomic mass is 16.7. The zero-order valence-corrected chi connectivity index (χ0v) is 14.2. The van der Waals surface area contributed by atoms with Gasteiger partial charge in [0.25, 0.3) is 0 Å². The van der Waals surface area contributed by atoms with E-state index >= 15 is 0 Å². The van der Waals surface area contributed by atoms with Gasteiger partial charge in [-0.15, -0.1) is 0 Å². The monoisotopic (exact) mass is 355 g/mol. The number of hydrazone groups is 1. The Hall–Kier alpha value is -3.09. The van der Waals surface area contributed by atoms with Crippen LogP contribution in [0.4, 0.5) is 5.69 Å². The number of nitrogens with one attached hydrogen (secondary N) is 1. The number of amidine groups is 1. The number of rotatable bonds is 3. The zero-order chi connectivity index (χ0) is 18.1. The summed E-state index contributed by atoms with van der Waals surface area (Å²) < 4.78 is 10.7. The van der Waals surface area contributed by atoms with Gasteiger partial charge in [0.05, 0.1) is 5.56 Å². The molecule has 7 nitrogen and oxygen atoms in total. The third-order valence-electron chi connectivity index (χ3n) is 4.96. The molecule has 0 unspecified atom stereocenters. The van der Waals surface area contributed by atoms with Crippen molar-refractivity contribution in [2.75, 3.05) is 12.1 Å². The van der Waals surface area contributed by atoms with Crippen molar-refractivity contribution in [1.29, 1.82) is 0 Å². The molecule has 1 heterocycles. The molecule has 0 amide bonds. The van der Waals surface area contributed by atoms with Crippen molar-refractivity contribution in [2.45, 2.75) is 31.6 Å². The molecular weight excluding hydrogens is 334 g/mol. The third-order valence-corrected chi connectivity index (χ3v) is 4.96. The van der Waals surface area contributed by atoms with Gasteiger partial charge in [-0.2, -0.15) is 5.10 Å². The number of hydrogen-bond acceptors (Lipinski definition) is 6. The fourth-order valence-electron chi connectivity index (χ4n) is 3.63. The molecule has 2 aromatic carbocycles. The highest BCUT2D eigenvalue weighted by Crippen LogP contribution is 2.41. The Morgan fingerprint density at radius 1 is 1.04 bits per heavy atom. The van der Waals surface area contributed by atoms with Gasteiger partial charge >= 0.3 is 0 Å². The number of hydrogen-bond donors (Lipinski definition) is 4. The topological polar surface area (TPSA) is 109 Å². The van der Waals surface area contributed by atoms with Gasteiger partial charge in [0.1, 0.15) is 11.5 Å². The second-order valence-electron chi connectivity index (χ2n) is 6.58. The summed E-state index contributed by atoms with van der Waals surface area (Å²) in [6, 6.07) is 8.51. The molecule has 4 rings (SSSR count). The van der Waals surface area contributed by atoms with Gasteiger partial charge in [-0.25, -0.2) is 0 Å². The standard InChI is InChI=1S/C19H21N3O4/c20-22-19(21-12-5-6-17-18(7-12)26-10-25-17)14-8-13(11-3-1-2-4-11)15(23)9-16(14)24/h5-9,11,23-24H,1-4,10,20H2,(H,21,22). The minimum absolute atomic E-state index is 0.0818. The number of anilines is 1. The van der Waals surface area contributed by atoms with E-state index in [1.807, 2.05) is 6.07 Å². The summed E-state index contributed by atoms with van der Waals surface area (Å²) in [4.78, 5) is 0. The van der Waals surface area contributed by atoms with Gasteiger partial charge < -0.3 is 30.8 Å². The van der Waals surface area contributed by atoms with Gasteiger partial charge in [-0.1, -0.05) is 12.8 Å². The fraction of sp³-hybridized carbons (Fsp3) is 0.316. The number of aromatic hydroxyl groups is 2. The Bertz CT molecular complexity index is 860. The normalized spacial score (nSPS) is 16.8. The smallest absolute Gasteiger partial charge is 0.231 e. The van der Waals surface area contributed by atoms with E-state index in [9.17, 15) is 10.2 Å². The molecule has 1 saturated carbocycles. The maximum Gasteiger partial charge on any atom is 0.231 e. The molecule has 0 atom stereocenters. The maximum atomic E-state index is 10.3. The van der Waals surface area contributed by atoms with Crippen molar-refractivity contribution in [3.63, 3.8) is 0 Å². The Labute approximate surface area is 151 Å². The van der Waals surface area contributed by atoms with Gasteiger partial charge in [0, 0.05) is 17.8 Å². The number of ether oxygens (including phenoxy) is 2. The average Bonchev–Trinajstić information content (AvgIpc) is 3.31. The van der Waals surface area contributed by atoms with Crippen LogP contribution in [0.2, 0.25) is 0 Å². The molecule has 1 aliphatic carbocycles. The fourth-order valence-corrected chi connectivity index (χ4v) is 3.63. The van der Waals surface area contributed by atoms with E-state index in [-0.39, 0.29) is 18.3 Å². The van der Waals surface area contributed by atoms with Crippen LogP contribution in [0.3, 0.4) is 0 Å². The predicted molar refractivity (Wildman–Crippen MR) is 97.9 cm³/mol. The molecule has 2 aromatic rings. The summed E-state index contributed by atoms with van der Waals surface area (Å²) in [5.74, 6) is 7.51. The lowest BCUT2D eigenvalue weighted by atomic mass is 9.94. The molecule has 0 bridgehead atoms. The van der Waals surface area contributed by atoms with E-state index in [0.29, 0.717) is 34.5 Å². The quantitative estimate of drug-likeness (QED) is 0.291. The van der Waals surface area contributed by atoms with Gasteiger partial charge in [-0.3, -0.25) is 0 Å². The largest absolute Gasteiger partial charge is 0.508 e. The Morgan fingerprint density at radius 2 is 1.81 bits per heavy atom. The molecule has 0 spiro atoms. The van der Waals surface area contributed by atoms with Crippen molar-refractivity contribution >= 4 is 11.5 Å². The van der Waals surface area contributed by atoms with Crippen LogP contribution in [-0.2, 0) is 0 Å². The molecular formula is C19H21N3O4. The van der Waals surface area contributed by atoms with Crippen LogP contribution < -0.4 is 20.6 Å². The van der Waals surface area contributed by atoms with Crippen LogP contribution in [0.25, 0.3) is 0 Å². The van der Waals surface area contributed by atoms with Crippen molar-refractivity contribution in [3.8, 4) is 23.0 Å². The number of phenolic OH excluding ortho intramolecular Hbond substituents is 2.